The summed E-state index contributed by atoms with van der Waals surface area (Å²) in [6.45, 7) is 32.0. The molecular formula is C34H44N6O3S. The van der Waals surface area contributed by atoms with Gasteiger partial charge < -0.3 is 9.84 Å². The molecule has 0 bridgehead atoms. The molecule has 44 heavy (non-hydrogen) atoms. The zero-order valence-electron chi connectivity index (χ0n) is 27.2. The monoisotopic (exact) mass is 616 g/mol. The summed E-state index contributed by atoms with van der Waals surface area (Å²) in [5, 5.41) is 20.0. The van der Waals surface area contributed by atoms with E-state index >= 15 is 0 Å². The van der Waals surface area contributed by atoms with Gasteiger partial charge in [0.15, 0.2) is 5.00 Å². The molecule has 3 aromatic rings. The number of hydrogen-bond acceptors (Lipinski definition) is 7. The molecule has 1 N–H and O–H groups in total. The molecule has 0 amide bonds. The first-order valence-corrected chi connectivity index (χ1v) is 15.9. The number of pyridine rings is 1. The van der Waals surface area contributed by atoms with E-state index in [1.807, 2.05) is 18.2 Å². The van der Waals surface area contributed by atoms with Crippen molar-refractivity contribution >= 4 is 33.6 Å². The van der Waals surface area contributed by atoms with Crippen LogP contribution in [-0.2, 0) is 5.41 Å². The van der Waals surface area contributed by atoms with Crippen LogP contribution in [0.1, 0.15) is 103 Å². The van der Waals surface area contributed by atoms with E-state index in [9.17, 15) is 9.90 Å². The summed E-state index contributed by atoms with van der Waals surface area (Å²) >= 11 is 1.01. The van der Waals surface area contributed by atoms with Gasteiger partial charge in [0.25, 0.3) is 11.2 Å². The van der Waals surface area contributed by atoms with Crippen LogP contribution in [0.4, 0.5) is 22.1 Å². The molecule has 0 radical (unpaired) electrons. The molecule has 0 fully saturated rings. The van der Waals surface area contributed by atoms with E-state index < -0.39 is 11.4 Å². The molecule has 3 rings (SSSR count). The van der Waals surface area contributed by atoms with E-state index in [2.05, 4.69) is 65.8 Å². The van der Waals surface area contributed by atoms with Gasteiger partial charge in [0.05, 0.1) is 31.1 Å². The van der Waals surface area contributed by atoms with Crippen LogP contribution in [0.15, 0.2) is 33.2 Å². The van der Waals surface area contributed by atoms with Crippen LogP contribution in [0.25, 0.3) is 15.4 Å². The fourth-order valence-corrected chi connectivity index (χ4v) is 6.26. The molecule has 0 unspecified atom stereocenters. The van der Waals surface area contributed by atoms with E-state index in [0.717, 1.165) is 47.3 Å². The van der Waals surface area contributed by atoms with Crippen molar-refractivity contribution in [1.29, 1.82) is 0 Å². The number of rotatable bonds is 13. The van der Waals surface area contributed by atoms with Crippen LogP contribution in [0.5, 0.6) is 11.6 Å². The van der Waals surface area contributed by atoms with Crippen molar-refractivity contribution in [3.05, 3.63) is 68.2 Å². The number of hydrogen-bond donors (Lipinski definition) is 1. The highest BCUT2D eigenvalue weighted by atomic mass is 32.1. The number of benzene rings is 1. The van der Waals surface area contributed by atoms with Crippen LogP contribution in [0.3, 0.4) is 0 Å². The van der Waals surface area contributed by atoms with Gasteiger partial charge in [-0.05, 0) is 72.3 Å². The Hall–Kier alpha value is -4.02. The number of azo groups is 1. The minimum absolute atomic E-state index is 0.0451. The summed E-state index contributed by atoms with van der Waals surface area (Å²) in [6.07, 6.45) is 7.51. The van der Waals surface area contributed by atoms with Crippen LogP contribution in [0, 0.1) is 32.4 Å². The Morgan fingerprint density at radius 2 is 1.66 bits per heavy atom. The van der Waals surface area contributed by atoms with Crippen LogP contribution in [0.2, 0.25) is 0 Å². The molecule has 2 heterocycles. The van der Waals surface area contributed by atoms with E-state index in [0.29, 0.717) is 23.7 Å². The number of aryl methyl sites for hydroxylation is 1. The molecule has 0 saturated heterocycles. The van der Waals surface area contributed by atoms with Gasteiger partial charge in [-0.15, -0.1) is 10.2 Å². The summed E-state index contributed by atoms with van der Waals surface area (Å²) < 4.78 is 11.5. The predicted octanol–water partition coefficient (Wildman–Crippen LogP) is 10.6. The number of aromatic hydroxyl groups is 1. The molecule has 9 nitrogen and oxygen atoms in total. The fourth-order valence-electron chi connectivity index (χ4n) is 5.59. The maximum Gasteiger partial charge on any atom is 0.283 e. The van der Waals surface area contributed by atoms with E-state index in [4.69, 9.17) is 17.9 Å². The normalized spacial score (nSPS) is 12.0. The first-order valence-electron chi connectivity index (χ1n) is 15.1. The second-order valence-corrected chi connectivity index (χ2v) is 13.8. The Bertz CT molecular complexity index is 1650. The van der Waals surface area contributed by atoms with E-state index in [1.54, 1.807) is 13.8 Å². The highest BCUT2D eigenvalue weighted by Gasteiger charge is 2.29. The molecule has 10 heteroatoms. The first kappa shape index (κ1) is 34.5. The largest absolute Gasteiger partial charge is 0.502 e. The Kier molecular flexibility index (Phi) is 11.5. The maximum atomic E-state index is 14.1. The lowest BCUT2D eigenvalue weighted by Gasteiger charge is -2.33. The Morgan fingerprint density at radius 1 is 1.00 bits per heavy atom. The smallest absolute Gasteiger partial charge is 0.283 e. The zero-order chi connectivity index (χ0) is 32.7. The van der Waals surface area contributed by atoms with Crippen molar-refractivity contribution in [2.24, 2.45) is 15.6 Å². The predicted molar refractivity (Wildman–Crippen MR) is 178 cm³/mol. The molecule has 1 aromatic carbocycles. The molecule has 0 aliphatic carbocycles. The van der Waals surface area contributed by atoms with Crippen molar-refractivity contribution < 1.29 is 9.84 Å². The van der Waals surface area contributed by atoms with Crippen LogP contribution in [-0.4, -0.2) is 20.7 Å². The minimum Gasteiger partial charge on any atom is -0.502 e. The SMILES string of the molecule is [C-]#[N+]c1c(C)nsc1N=Nc1c(C)c([N+]#[C-])c(O)n(-c2cc(C(C)(C)CC(C)(C)C)ccc2OCCCCCCCC)c1=O. The second kappa shape index (κ2) is 14.6. The van der Waals surface area contributed by atoms with Crippen molar-refractivity contribution in [1.82, 2.24) is 8.94 Å². The molecule has 0 atom stereocenters. The maximum absolute atomic E-state index is 14.1. The zero-order valence-corrected chi connectivity index (χ0v) is 28.1. The van der Waals surface area contributed by atoms with Crippen LogP contribution >= 0.6 is 11.5 Å². The average molecular weight is 617 g/mol. The lowest BCUT2D eigenvalue weighted by Crippen LogP contribution is -2.26. The van der Waals surface area contributed by atoms with Gasteiger partial charge in [-0.2, -0.15) is 0 Å². The van der Waals surface area contributed by atoms with E-state index in [-0.39, 0.29) is 38.5 Å². The highest BCUT2D eigenvalue weighted by Crippen LogP contribution is 2.42. The van der Waals surface area contributed by atoms with Gasteiger partial charge in [-0.1, -0.05) is 79.7 Å². The fraction of sp³-hybridized carbons (Fsp3) is 0.529. The number of unbranched alkanes of at least 4 members (excludes halogenated alkanes) is 5. The highest BCUT2D eigenvalue weighted by molar-refractivity contribution is 7.10. The first-order chi connectivity index (χ1) is 20.8. The third-order valence-electron chi connectivity index (χ3n) is 7.53. The summed E-state index contributed by atoms with van der Waals surface area (Å²) in [7, 11) is 0. The third-order valence-corrected chi connectivity index (χ3v) is 8.34. The van der Waals surface area contributed by atoms with Crippen molar-refractivity contribution in [2.75, 3.05) is 6.61 Å². The van der Waals surface area contributed by atoms with Gasteiger partial charge in [0.1, 0.15) is 11.4 Å². The van der Waals surface area contributed by atoms with Crippen LogP contribution < -0.4 is 10.3 Å². The molecule has 0 saturated carbocycles. The number of aromatic nitrogens is 2. The average Bonchev–Trinajstić information content (AvgIpc) is 3.30. The van der Waals surface area contributed by atoms with Gasteiger partial charge in [-0.25, -0.2) is 14.1 Å². The Labute approximate surface area is 265 Å². The quantitative estimate of drug-likeness (QED) is 0.117. The van der Waals surface area contributed by atoms with Gasteiger partial charge >= 0.3 is 0 Å². The van der Waals surface area contributed by atoms with E-state index in [1.165, 1.54) is 19.3 Å². The Balaban J connectivity index is 2.19. The summed E-state index contributed by atoms with van der Waals surface area (Å²) in [4.78, 5) is 21.1. The standard InChI is InChI=1S/C34H44N6O3S/c1-11-12-13-14-15-16-19-43-26-18-17-24(34(7,8)21-33(4,5)6)20-25(26)40-31(41)27(35-9)22(2)28(32(40)42)37-38-30-29(36-10)23(3)39-44-30/h17-18,20,41H,11-16,19,21H2,1-8H3. The molecule has 0 aliphatic rings. The second-order valence-electron chi connectivity index (χ2n) is 13.1. The van der Waals surface area contributed by atoms with Crippen molar-refractivity contribution in [2.45, 2.75) is 106 Å². The molecule has 2 aromatic heterocycles. The van der Waals surface area contributed by atoms with Crippen molar-refractivity contribution in [3.8, 4) is 17.3 Å². The Morgan fingerprint density at radius 3 is 2.30 bits per heavy atom. The van der Waals surface area contributed by atoms with Crippen molar-refractivity contribution in [3.63, 3.8) is 0 Å². The number of ether oxygens (including phenoxy) is 1. The molecular weight excluding hydrogens is 572 g/mol. The molecule has 0 aliphatic heterocycles. The minimum atomic E-state index is -0.642. The number of nitrogens with zero attached hydrogens (tertiary/aromatic N) is 6. The summed E-state index contributed by atoms with van der Waals surface area (Å²) in [5.41, 5.74) is 1.24. The summed E-state index contributed by atoms with van der Waals surface area (Å²) in [6, 6.07) is 5.73. The molecule has 234 valence electrons. The molecule has 0 spiro atoms. The topological polar surface area (TPSA) is 97.8 Å². The van der Waals surface area contributed by atoms with Gasteiger partial charge in [0.2, 0.25) is 11.6 Å². The lowest BCUT2D eigenvalue weighted by molar-refractivity contribution is 0.283. The summed E-state index contributed by atoms with van der Waals surface area (Å²) in [5.74, 6) is -0.0468. The lowest BCUT2D eigenvalue weighted by atomic mass is 9.72. The van der Waals surface area contributed by atoms with Gasteiger partial charge in [-0.3, -0.25) is 9.36 Å². The third kappa shape index (κ3) is 8.12. The van der Waals surface area contributed by atoms with Gasteiger partial charge in [0, 0.05) is 0 Å².